The normalized spacial score (nSPS) is 17.1. The molecule has 2 nitrogen and oxygen atoms in total. The zero-order valence-electron chi connectivity index (χ0n) is 9.06. The van der Waals surface area contributed by atoms with E-state index in [1.165, 1.54) is 0 Å². The highest BCUT2D eigenvalue weighted by Gasteiger charge is 2.34. The molecule has 0 spiro atoms. The molecule has 15 heavy (non-hydrogen) atoms. The highest BCUT2D eigenvalue weighted by Crippen LogP contribution is 2.42. The highest BCUT2D eigenvalue weighted by molar-refractivity contribution is 9.10. The summed E-state index contributed by atoms with van der Waals surface area (Å²) in [6.45, 7) is 6.44. The van der Waals surface area contributed by atoms with Crippen molar-refractivity contribution in [3.8, 4) is 5.75 Å². The zero-order chi connectivity index (χ0) is 11.2. The van der Waals surface area contributed by atoms with Gasteiger partial charge in [-0.1, -0.05) is 29.8 Å². The van der Waals surface area contributed by atoms with Crippen LogP contribution in [0.25, 0.3) is 0 Å². The van der Waals surface area contributed by atoms with Crippen LogP contribution in [0.3, 0.4) is 0 Å². The average Bonchev–Trinajstić information content (AvgIpc) is 2.41. The molecule has 1 aromatic carbocycles. The Hall–Kier alpha value is -0.830. The van der Waals surface area contributed by atoms with Crippen molar-refractivity contribution in [2.75, 3.05) is 6.61 Å². The number of carbonyl (C=O) groups is 1. The van der Waals surface area contributed by atoms with Gasteiger partial charge >= 0.3 is 0 Å². The Morgan fingerprint density at radius 1 is 1.47 bits per heavy atom. The first-order chi connectivity index (χ1) is 6.92. The SMILES string of the molecule is CC(=O)c1cc(Br)cc2c1OCC2(C)C. The molecule has 0 aliphatic carbocycles. The minimum Gasteiger partial charge on any atom is -0.492 e. The van der Waals surface area contributed by atoms with Crippen LogP contribution >= 0.6 is 15.9 Å². The second-order valence-electron chi connectivity index (χ2n) is 4.56. The minimum absolute atomic E-state index is 0.0106. The third kappa shape index (κ3) is 1.69. The molecule has 3 heteroatoms. The first-order valence-electron chi connectivity index (χ1n) is 4.89. The Balaban J connectivity index is 2.68. The summed E-state index contributed by atoms with van der Waals surface area (Å²) in [6, 6.07) is 3.86. The Morgan fingerprint density at radius 2 is 2.13 bits per heavy atom. The van der Waals surface area contributed by atoms with E-state index < -0.39 is 0 Å². The van der Waals surface area contributed by atoms with Gasteiger partial charge < -0.3 is 4.74 Å². The monoisotopic (exact) mass is 268 g/mol. The molecule has 1 heterocycles. The second kappa shape index (κ2) is 3.34. The van der Waals surface area contributed by atoms with Crippen LogP contribution in [0, 0.1) is 0 Å². The quantitative estimate of drug-likeness (QED) is 0.731. The molecule has 0 amide bonds. The molecule has 0 saturated heterocycles. The maximum atomic E-state index is 11.5. The molecule has 0 unspecified atom stereocenters. The molecule has 1 aromatic rings. The van der Waals surface area contributed by atoms with E-state index in [1.54, 1.807) is 6.92 Å². The van der Waals surface area contributed by atoms with Gasteiger partial charge in [-0.3, -0.25) is 4.79 Å². The topological polar surface area (TPSA) is 26.3 Å². The van der Waals surface area contributed by atoms with Crippen LogP contribution in [0.2, 0.25) is 0 Å². The third-order valence-corrected chi connectivity index (χ3v) is 3.20. The van der Waals surface area contributed by atoms with Crippen molar-refractivity contribution in [1.29, 1.82) is 0 Å². The molecular formula is C12H13BrO2. The smallest absolute Gasteiger partial charge is 0.163 e. The van der Waals surface area contributed by atoms with Crippen molar-refractivity contribution >= 4 is 21.7 Å². The fourth-order valence-electron chi connectivity index (χ4n) is 1.84. The summed E-state index contributed by atoms with van der Waals surface area (Å²) in [4.78, 5) is 11.5. The zero-order valence-corrected chi connectivity index (χ0v) is 10.6. The van der Waals surface area contributed by atoms with Crippen molar-refractivity contribution in [2.45, 2.75) is 26.2 Å². The van der Waals surface area contributed by atoms with E-state index in [2.05, 4.69) is 29.8 Å². The fourth-order valence-corrected chi connectivity index (χ4v) is 2.30. The van der Waals surface area contributed by atoms with E-state index in [-0.39, 0.29) is 11.2 Å². The number of hydrogen-bond acceptors (Lipinski definition) is 2. The molecule has 1 aliphatic heterocycles. The lowest BCUT2D eigenvalue weighted by molar-refractivity contribution is 0.101. The molecular weight excluding hydrogens is 256 g/mol. The molecule has 80 valence electrons. The van der Waals surface area contributed by atoms with Crippen molar-refractivity contribution in [2.24, 2.45) is 0 Å². The molecule has 0 saturated carbocycles. The predicted octanol–water partition coefficient (Wildman–Crippen LogP) is 3.32. The molecule has 0 radical (unpaired) electrons. The summed E-state index contributed by atoms with van der Waals surface area (Å²) >= 11 is 3.43. The third-order valence-electron chi connectivity index (χ3n) is 2.74. The van der Waals surface area contributed by atoms with E-state index in [0.717, 1.165) is 15.8 Å². The predicted molar refractivity (Wildman–Crippen MR) is 62.7 cm³/mol. The average molecular weight is 269 g/mol. The number of halogens is 1. The number of ketones is 1. The van der Waals surface area contributed by atoms with Crippen molar-refractivity contribution in [3.05, 3.63) is 27.7 Å². The van der Waals surface area contributed by atoms with Crippen molar-refractivity contribution in [3.63, 3.8) is 0 Å². The van der Waals surface area contributed by atoms with Gasteiger partial charge in [-0.05, 0) is 19.1 Å². The van der Waals surface area contributed by atoms with Gasteiger partial charge in [0.1, 0.15) is 5.75 Å². The Kier molecular flexibility index (Phi) is 2.38. The maximum Gasteiger partial charge on any atom is 0.163 e. The number of carbonyl (C=O) groups excluding carboxylic acids is 1. The van der Waals surface area contributed by atoms with Gasteiger partial charge in [-0.25, -0.2) is 0 Å². The molecule has 0 atom stereocenters. The summed E-state index contributed by atoms with van der Waals surface area (Å²) in [7, 11) is 0. The molecule has 0 bridgehead atoms. The summed E-state index contributed by atoms with van der Waals surface area (Å²) < 4.78 is 6.55. The largest absolute Gasteiger partial charge is 0.492 e. The maximum absolute atomic E-state index is 11.5. The molecule has 0 N–H and O–H groups in total. The van der Waals surface area contributed by atoms with Gasteiger partial charge in [-0.2, -0.15) is 0 Å². The van der Waals surface area contributed by atoms with E-state index in [0.29, 0.717) is 12.2 Å². The molecule has 0 aromatic heterocycles. The number of benzene rings is 1. The minimum atomic E-state index is -0.0106. The van der Waals surface area contributed by atoms with Gasteiger partial charge in [0.25, 0.3) is 0 Å². The van der Waals surface area contributed by atoms with Crippen LogP contribution in [0.5, 0.6) is 5.75 Å². The molecule has 0 fully saturated rings. The summed E-state index contributed by atoms with van der Waals surface area (Å²) in [6.07, 6.45) is 0. The van der Waals surface area contributed by atoms with Crippen LogP contribution in [0.4, 0.5) is 0 Å². The fraction of sp³-hybridized carbons (Fsp3) is 0.417. The summed E-state index contributed by atoms with van der Waals surface area (Å²) in [5, 5.41) is 0. The van der Waals surface area contributed by atoms with Gasteiger partial charge in [0.05, 0.1) is 12.2 Å². The number of ether oxygens (including phenoxy) is 1. The Labute approximate surface area is 97.8 Å². The van der Waals surface area contributed by atoms with E-state index in [1.807, 2.05) is 12.1 Å². The first kappa shape index (κ1) is 10.7. The Bertz CT molecular complexity index is 435. The lowest BCUT2D eigenvalue weighted by Crippen LogP contribution is -2.18. The van der Waals surface area contributed by atoms with E-state index >= 15 is 0 Å². The number of hydrogen-bond donors (Lipinski definition) is 0. The van der Waals surface area contributed by atoms with Crippen molar-refractivity contribution in [1.82, 2.24) is 0 Å². The number of rotatable bonds is 1. The summed E-state index contributed by atoms with van der Waals surface area (Å²) in [5.41, 5.74) is 1.77. The highest BCUT2D eigenvalue weighted by atomic mass is 79.9. The Morgan fingerprint density at radius 3 is 2.73 bits per heavy atom. The lowest BCUT2D eigenvalue weighted by atomic mass is 9.86. The van der Waals surface area contributed by atoms with Gasteiger partial charge in [0.15, 0.2) is 5.78 Å². The number of Topliss-reactive ketones (excluding diaryl/α,β-unsaturated/α-hetero) is 1. The van der Waals surface area contributed by atoms with Crippen molar-refractivity contribution < 1.29 is 9.53 Å². The van der Waals surface area contributed by atoms with Gasteiger partial charge in [-0.15, -0.1) is 0 Å². The standard InChI is InChI=1S/C12H13BrO2/c1-7(14)9-4-8(13)5-10-11(9)15-6-12(10,2)3/h4-5H,6H2,1-3H3. The van der Waals surface area contributed by atoms with Crippen LogP contribution in [-0.2, 0) is 5.41 Å². The molecule has 2 rings (SSSR count). The lowest BCUT2D eigenvalue weighted by Gasteiger charge is -2.15. The van der Waals surface area contributed by atoms with Gasteiger partial charge in [0, 0.05) is 15.5 Å². The first-order valence-corrected chi connectivity index (χ1v) is 5.69. The van der Waals surface area contributed by atoms with E-state index in [4.69, 9.17) is 4.74 Å². The van der Waals surface area contributed by atoms with Gasteiger partial charge in [0.2, 0.25) is 0 Å². The van der Waals surface area contributed by atoms with Crippen LogP contribution in [-0.4, -0.2) is 12.4 Å². The van der Waals surface area contributed by atoms with Crippen LogP contribution in [0.15, 0.2) is 16.6 Å². The van der Waals surface area contributed by atoms with E-state index in [9.17, 15) is 4.79 Å². The number of fused-ring (bicyclic) bond motifs is 1. The van der Waals surface area contributed by atoms with Crippen LogP contribution in [0.1, 0.15) is 36.7 Å². The molecule has 1 aliphatic rings. The second-order valence-corrected chi connectivity index (χ2v) is 5.47. The summed E-state index contributed by atoms with van der Waals surface area (Å²) in [5.74, 6) is 0.806. The van der Waals surface area contributed by atoms with Crippen LogP contribution < -0.4 is 4.74 Å².